The molecule has 2 aromatic carbocycles. The first-order chi connectivity index (χ1) is 31.7. The van der Waals surface area contributed by atoms with Crippen molar-refractivity contribution in [2.75, 3.05) is 23.8 Å². The molecule has 34 heteroatoms. The van der Waals surface area contributed by atoms with E-state index in [2.05, 4.69) is 33.7 Å². The number of hydrogen-bond acceptors (Lipinski definition) is 23. The zero-order valence-electron chi connectivity index (χ0n) is 34.9. The normalized spacial score (nSPS) is 25.2. The Morgan fingerprint density at radius 1 is 0.676 bits per heavy atom. The third-order valence-corrected chi connectivity index (χ3v) is 13.6. The minimum Gasteiger partial charge on any atom is -0.394 e. The van der Waals surface area contributed by atoms with Gasteiger partial charge in [-0.3, -0.25) is 33.9 Å². The third kappa shape index (κ3) is 13.5. The van der Waals surface area contributed by atoms with Crippen molar-refractivity contribution in [2.24, 2.45) is 0 Å². The van der Waals surface area contributed by atoms with Crippen LogP contribution in [0.4, 0.5) is 23.0 Å². The highest BCUT2D eigenvalue weighted by atomic mass is 31.3. The molecule has 2 aliphatic rings. The van der Waals surface area contributed by atoms with E-state index in [1.807, 2.05) is 0 Å². The molecule has 11 N–H and O–H groups in total. The highest BCUT2D eigenvalue weighted by Crippen LogP contribution is 2.66. The van der Waals surface area contributed by atoms with E-state index in [1.165, 1.54) is 42.6 Å². The fourth-order valence-electron chi connectivity index (χ4n) is 6.69. The summed E-state index contributed by atoms with van der Waals surface area (Å²) in [5.74, 6) is 0.183. The molecule has 0 amide bonds. The summed E-state index contributed by atoms with van der Waals surface area (Å²) in [6, 6.07) is 13.7. The second kappa shape index (κ2) is 22.0. The van der Waals surface area contributed by atoms with E-state index >= 15 is 0 Å². The smallest absolute Gasteiger partial charge is 0.394 e. The van der Waals surface area contributed by atoms with Gasteiger partial charge >= 0.3 is 34.8 Å². The van der Waals surface area contributed by atoms with Crippen molar-refractivity contribution < 1.29 is 91.3 Å². The first kappa shape index (κ1) is 53.7. The Morgan fingerprint density at radius 3 is 1.47 bits per heavy atom. The number of para-hydroxylation sites is 2. The van der Waals surface area contributed by atoms with Crippen molar-refractivity contribution in [3.05, 3.63) is 125 Å². The fourth-order valence-corrected chi connectivity index (χ4v) is 9.72. The molecule has 0 spiro atoms. The van der Waals surface area contributed by atoms with Gasteiger partial charge in [-0.05, 0) is 26.0 Å². The van der Waals surface area contributed by atoms with Crippen LogP contribution in [0.1, 0.15) is 49.5 Å². The van der Waals surface area contributed by atoms with Gasteiger partial charge in [0, 0.05) is 24.5 Å². The molecular formula is C34H43N8O23P3. The van der Waals surface area contributed by atoms with Gasteiger partial charge in [-0.25, -0.2) is 23.3 Å². The largest absolute Gasteiger partial charge is 0.490 e. The van der Waals surface area contributed by atoms with E-state index in [0.717, 1.165) is 15.3 Å². The summed E-state index contributed by atoms with van der Waals surface area (Å²) < 4.78 is 57.9. The first-order valence-electron chi connectivity index (χ1n) is 19.3. The number of nitrogens with zero attached hydrogens (tertiary/aromatic N) is 6. The van der Waals surface area contributed by atoms with E-state index in [0.29, 0.717) is 11.1 Å². The lowest BCUT2D eigenvalue weighted by atomic mass is 10.1. The van der Waals surface area contributed by atoms with E-state index in [4.69, 9.17) is 24.4 Å². The van der Waals surface area contributed by atoms with Crippen LogP contribution < -0.4 is 22.0 Å². The Bertz CT molecular complexity index is 2730. The van der Waals surface area contributed by atoms with Gasteiger partial charge in [0.05, 0.1) is 46.3 Å². The quantitative estimate of drug-likeness (QED) is 0.0361. The van der Waals surface area contributed by atoms with Crippen LogP contribution >= 0.6 is 23.5 Å². The molecule has 0 aliphatic carbocycles. The van der Waals surface area contributed by atoms with Crippen LogP contribution in [-0.2, 0) is 36.3 Å². The number of anilines is 2. The van der Waals surface area contributed by atoms with Crippen molar-refractivity contribution in [1.82, 2.24) is 19.1 Å². The maximum atomic E-state index is 12.6. The Hall–Kier alpha value is -5.27. The third-order valence-electron chi connectivity index (χ3n) is 9.81. The van der Waals surface area contributed by atoms with Crippen LogP contribution in [0.2, 0.25) is 0 Å². The number of phosphoric acid groups is 3. The average molecular weight is 1020 g/mol. The van der Waals surface area contributed by atoms with Crippen LogP contribution in [-0.4, -0.2) is 124 Å². The SMILES string of the molecule is CC(Nc1ccn([C@@H]2O[C@H](CO)C(O)[C@@H]2O)c(=O)n1)c1ccccc1[N+](=O)[O-].C[C@@H](Nc1ccn([C@@H]2O[C@H](COP(=O)(O)OP(=O)(O)OP(=O)(O)O)C(O)[C@@H]2O)c(=O)n1)c1ccccc1[N+](=O)[O-]. The molecule has 12 atom stereocenters. The number of nitro benzene ring substituents is 2. The molecule has 4 aromatic rings. The highest BCUT2D eigenvalue weighted by Gasteiger charge is 2.47. The van der Waals surface area contributed by atoms with Gasteiger partial charge in [-0.2, -0.15) is 18.6 Å². The molecule has 68 heavy (non-hydrogen) atoms. The number of phosphoric ester groups is 1. The number of nitro groups is 2. The molecule has 31 nitrogen and oxygen atoms in total. The zero-order valence-corrected chi connectivity index (χ0v) is 37.6. The summed E-state index contributed by atoms with van der Waals surface area (Å²) in [5.41, 5.74) is -1.21. The topological polar surface area (TPSA) is 460 Å². The minimum absolute atomic E-state index is 0.00384. The van der Waals surface area contributed by atoms with Crippen LogP contribution in [0, 0.1) is 20.2 Å². The molecule has 4 heterocycles. The maximum Gasteiger partial charge on any atom is 0.490 e. The monoisotopic (exact) mass is 1020 g/mol. The lowest BCUT2D eigenvalue weighted by molar-refractivity contribution is -0.385. The van der Waals surface area contributed by atoms with Crippen LogP contribution in [0.15, 0.2) is 82.6 Å². The first-order valence-corrected chi connectivity index (χ1v) is 23.8. The second-order valence-electron chi connectivity index (χ2n) is 14.5. The molecule has 6 rings (SSSR count). The molecule has 2 aliphatic heterocycles. The molecule has 5 unspecified atom stereocenters. The Balaban J connectivity index is 0.000000270. The Labute approximate surface area is 380 Å². The van der Waals surface area contributed by atoms with Gasteiger partial charge in [0.25, 0.3) is 11.4 Å². The number of nitrogens with one attached hydrogen (secondary N) is 2. The summed E-state index contributed by atoms with van der Waals surface area (Å²) in [6.45, 7) is 1.71. The summed E-state index contributed by atoms with van der Waals surface area (Å²) in [4.78, 5) is 89.8. The van der Waals surface area contributed by atoms with E-state index in [1.54, 1.807) is 38.1 Å². The van der Waals surface area contributed by atoms with Gasteiger partial charge in [0.1, 0.15) is 48.3 Å². The summed E-state index contributed by atoms with van der Waals surface area (Å²) in [6.07, 6.45) is -9.34. The van der Waals surface area contributed by atoms with Gasteiger partial charge < -0.3 is 65.2 Å². The average Bonchev–Trinajstić information content (AvgIpc) is 3.70. The minimum atomic E-state index is -5.78. The van der Waals surface area contributed by atoms with Crippen LogP contribution in [0.25, 0.3) is 0 Å². The molecule has 2 saturated heterocycles. The van der Waals surface area contributed by atoms with Crippen LogP contribution in [0.5, 0.6) is 0 Å². The summed E-state index contributed by atoms with van der Waals surface area (Å²) in [7, 11) is -16.9. The van der Waals surface area contributed by atoms with Gasteiger partial charge in [-0.1, -0.05) is 36.4 Å². The lowest BCUT2D eigenvalue weighted by Gasteiger charge is -2.19. The molecule has 0 radical (unpaired) electrons. The van der Waals surface area contributed by atoms with Gasteiger partial charge in [-0.15, -0.1) is 0 Å². The number of aliphatic hydroxyl groups is 5. The number of aliphatic hydroxyl groups excluding tert-OH is 5. The Kier molecular flexibility index (Phi) is 17.4. The highest BCUT2D eigenvalue weighted by molar-refractivity contribution is 7.66. The van der Waals surface area contributed by atoms with Crippen molar-refractivity contribution >= 4 is 46.5 Å². The maximum absolute atomic E-state index is 12.6. The molecule has 0 bridgehead atoms. The van der Waals surface area contributed by atoms with Gasteiger partial charge in [0.2, 0.25) is 0 Å². The molecular weight excluding hydrogens is 981 g/mol. The van der Waals surface area contributed by atoms with E-state index in [9.17, 15) is 73.7 Å². The van der Waals surface area contributed by atoms with Crippen molar-refractivity contribution in [1.29, 1.82) is 0 Å². The van der Waals surface area contributed by atoms with Gasteiger partial charge in [0.15, 0.2) is 12.5 Å². The van der Waals surface area contributed by atoms with Crippen molar-refractivity contribution in [3.63, 3.8) is 0 Å². The molecule has 2 aromatic heterocycles. The van der Waals surface area contributed by atoms with Crippen molar-refractivity contribution in [2.45, 2.75) is 75.0 Å². The zero-order chi connectivity index (χ0) is 50.5. The molecule has 0 saturated carbocycles. The summed E-state index contributed by atoms with van der Waals surface area (Å²) >= 11 is 0. The number of benzene rings is 2. The molecule has 372 valence electrons. The fraction of sp³-hybridized carbons (Fsp3) is 0.412. The number of hydrogen-bond donors (Lipinski definition) is 11. The standard InChI is InChI=1S/C17H23N4O16P3.C17H20N4O7/c1-9(10-4-2-3-5-11(10)21(25)26)18-13-6-7-20(17(24)19-13)16-15(23)14(22)12(35-16)8-34-39(30,31)37-40(32,33)36-38(27,28)29;1-9(10-4-2-3-5-11(10)21(26)27)18-13-6-7-20(17(25)19-13)16-15(24)14(23)12(8-22)28-16/h2-7,9,12,14-16,22-23H,8H2,1H3,(H,30,31)(H,32,33)(H,18,19,24)(H2,27,28,29);2-7,9,12,14-16,22-24H,8H2,1H3,(H,18,19,25)/t9-,12-,14?,15+,16-;9?,12-,14?,15+,16-/m11/s1. The Morgan fingerprint density at radius 2 is 1.09 bits per heavy atom. The number of rotatable bonds is 18. The van der Waals surface area contributed by atoms with E-state index in [-0.39, 0.29) is 23.0 Å². The van der Waals surface area contributed by atoms with E-state index < -0.39 is 119 Å². The predicted octanol–water partition coefficient (Wildman–Crippen LogP) is 0.223. The second-order valence-corrected chi connectivity index (χ2v) is 19.0. The lowest BCUT2D eigenvalue weighted by Crippen LogP contribution is -2.36. The number of ether oxygens (including phenoxy) is 2. The summed E-state index contributed by atoms with van der Waals surface area (Å²) in [5, 5.41) is 77.8. The number of aromatic nitrogens is 4. The van der Waals surface area contributed by atoms with Crippen molar-refractivity contribution in [3.8, 4) is 0 Å². The molecule has 2 fully saturated rings. The van der Waals surface area contributed by atoms with Crippen LogP contribution in [0.3, 0.4) is 0 Å². The predicted molar refractivity (Wildman–Crippen MR) is 226 cm³/mol.